The number of rotatable bonds is 8. The minimum absolute atomic E-state index is 0.558. The van der Waals surface area contributed by atoms with E-state index in [0.29, 0.717) is 5.92 Å². The van der Waals surface area contributed by atoms with Crippen LogP contribution in [0.1, 0.15) is 65.8 Å². The van der Waals surface area contributed by atoms with Crippen molar-refractivity contribution in [3.05, 3.63) is 258 Å². The van der Waals surface area contributed by atoms with Gasteiger partial charge in [0.15, 0.2) is 0 Å². The van der Waals surface area contributed by atoms with E-state index in [-0.39, 0.29) is 0 Å². The normalized spacial score (nSPS) is 14.3. The fourth-order valence-electron chi connectivity index (χ4n) is 12.4. The lowest BCUT2D eigenvalue weighted by molar-refractivity contribution is 0.444. The Morgan fingerprint density at radius 2 is 0.900 bits per heavy atom. The molecule has 3 heteroatoms. The molecule has 0 saturated heterocycles. The Morgan fingerprint density at radius 3 is 1.54 bits per heavy atom. The zero-order chi connectivity index (χ0) is 46.2. The Kier molecular flexibility index (Phi) is 9.52. The lowest BCUT2D eigenvalue weighted by Gasteiger charge is -2.35. The number of anilines is 3. The molecule has 0 radical (unpaired) electrons. The molecule has 0 amide bonds. The van der Waals surface area contributed by atoms with Crippen LogP contribution in [-0.2, 0) is 5.41 Å². The molecule has 2 aliphatic rings. The fourth-order valence-corrected chi connectivity index (χ4v) is 12.4. The molecule has 70 heavy (non-hydrogen) atoms. The van der Waals surface area contributed by atoms with E-state index in [1.807, 2.05) is 0 Å². The van der Waals surface area contributed by atoms with Crippen LogP contribution in [0.4, 0.5) is 17.1 Å². The highest BCUT2D eigenvalue weighted by Crippen LogP contribution is 2.57. The Hall–Kier alpha value is -8.40. The standard InChI is InChI=1S/C67H49NO2/c1-4-17-44(18-5-1)47-33-37-50(38-34-47)67(57-27-12-10-25-53(57)54-26-11-13-28-58(54)67)51-23-14-24-52(43-51)68(59-29-15-31-63-65(59)55-41-48(35-39-61(55)69-63)45-19-6-2-7-20-45)60-30-16-32-64-66(60)56-42-49(36-40-62(56)70-64)46-21-8-3-9-22-46/h1-2,4-7,10-20,23-43,46H,3,8-9,21-22H2. The van der Waals surface area contributed by atoms with Gasteiger partial charge in [-0.25, -0.2) is 0 Å². The van der Waals surface area contributed by atoms with Crippen molar-refractivity contribution in [3.63, 3.8) is 0 Å². The number of fused-ring (bicyclic) bond motifs is 9. The third-order valence-corrected chi connectivity index (χ3v) is 15.6. The van der Waals surface area contributed by atoms with Gasteiger partial charge in [-0.05, 0) is 141 Å². The second-order valence-electron chi connectivity index (χ2n) is 19.3. The van der Waals surface area contributed by atoms with Crippen LogP contribution >= 0.6 is 0 Å². The molecule has 2 aromatic heterocycles. The molecule has 0 spiro atoms. The summed E-state index contributed by atoms with van der Waals surface area (Å²) in [6, 6.07) is 84.7. The van der Waals surface area contributed by atoms with E-state index >= 15 is 0 Å². The number of benzene rings is 10. The molecule has 0 unspecified atom stereocenters. The van der Waals surface area contributed by atoms with E-state index in [9.17, 15) is 0 Å². The maximum atomic E-state index is 6.82. The highest BCUT2D eigenvalue weighted by Gasteiger charge is 2.46. The van der Waals surface area contributed by atoms with Gasteiger partial charge < -0.3 is 13.7 Å². The smallest absolute Gasteiger partial charge is 0.137 e. The Labute approximate surface area is 407 Å². The summed E-state index contributed by atoms with van der Waals surface area (Å²) in [7, 11) is 0. The SMILES string of the molecule is c1ccc(-c2ccc(C3(c4cccc(N(c5cccc6oc7ccc(-c8ccccc8)cc7c56)c5cccc6oc7ccc(C8CCCCC8)cc7c56)c4)c4ccccc4-c4ccccc43)cc2)cc1. The molecule has 1 fully saturated rings. The van der Waals surface area contributed by atoms with Gasteiger partial charge in [-0.1, -0.05) is 189 Å². The highest BCUT2D eigenvalue weighted by atomic mass is 16.3. The minimum Gasteiger partial charge on any atom is -0.456 e. The minimum atomic E-state index is -0.619. The first kappa shape index (κ1) is 40.6. The van der Waals surface area contributed by atoms with Crippen LogP contribution < -0.4 is 4.90 Å². The molecule has 1 saturated carbocycles. The van der Waals surface area contributed by atoms with E-state index in [2.05, 4.69) is 235 Å². The molecule has 2 aliphatic carbocycles. The monoisotopic (exact) mass is 899 g/mol. The second-order valence-corrected chi connectivity index (χ2v) is 19.3. The highest BCUT2D eigenvalue weighted by molar-refractivity contribution is 6.18. The Balaban J connectivity index is 1.05. The summed E-state index contributed by atoms with van der Waals surface area (Å²) in [4.78, 5) is 2.49. The van der Waals surface area contributed by atoms with Gasteiger partial charge in [-0.2, -0.15) is 0 Å². The second kappa shape index (κ2) is 16.4. The lowest BCUT2D eigenvalue weighted by atomic mass is 9.67. The number of hydrogen-bond acceptors (Lipinski definition) is 3. The van der Waals surface area contributed by atoms with E-state index in [4.69, 9.17) is 8.83 Å². The van der Waals surface area contributed by atoms with Crippen LogP contribution in [0.2, 0.25) is 0 Å². The summed E-state index contributed by atoms with van der Waals surface area (Å²) >= 11 is 0. The maximum absolute atomic E-state index is 6.82. The van der Waals surface area contributed by atoms with E-state index in [1.54, 1.807) is 0 Å². The van der Waals surface area contributed by atoms with Gasteiger partial charge in [0.05, 0.1) is 27.6 Å². The van der Waals surface area contributed by atoms with Gasteiger partial charge in [0, 0.05) is 16.5 Å². The van der Waals surface area contributed by atoms with E-state index < -0.39 is 5.41 Å². The quantitative estimate of drug-likeness (QED) is 0.152. The van der Waals surface area contributed by atoms with Crippen molar-refractivity contribution < 1.29 is 8.83 Å². The predicted molar refractivity (Wildman–Crippen MR) is 290 cm³/mol. The van der Waals surface area contributed by atoms with Crippen LogP contribution in [0.25, 0.3) is 77.3 Å². The number of furan rings is 2. The molecule has 0 aliphatic heterocycles. The van der Waals surface area contributed by atoms with Crippen molar-refractivity contribution in [2.75, 3.05) is 4.90 Å². The first-order chi connectivity index (χ1) is 34.7. The zero-order valence-electron chi connectivity index (χ0n) is 38.8. The molecule has 0 N–H and O–H groups in total. The van der Waals surface area contributed by atoms with Crippen molar-refractivity contribution in [3.8, 4) is 33.4 Å². The van der Waals surface area contributed by atoms with Crippen molar-refractivity contribution in [2.45, 2.75) is 43.4 Å². The summed E-state index contributed by atoms with van der Waals surface area (Å²) in [6.45, 7) is 0. The summed E-state index contributed by atoms with van der Waals surface area (Å²) in [5, 5.41) is 4.40. The number of hydrogen-bond donors (Lipinski definition) is 0. The Bertz CT molecular complexity index is 3880. The van der Waals surface area contributed by atoms with Crippen LogP contribution in [0, 0.1) is 0 Å². The molecule has 2 heterocycles. The summed E-state index contributed by atoms with van der Waals surface area (Å²) in [5.41, 5.74) is 19.6. The average Bonchev–Trinajstić information content (AvgIpc) is 4.10. The van der Waals surface area contributed by atoms with Gasteiger partial charge in [-0.15, -0.1) is 0 Å². The van der Waals surface area contributed by atoms with Crippen molar-refractivity contribution in [2.24, 2.45) is 0 Å². The summed E-state index contributed by atoms with van der Waals surface area (Å²) in [5.74, 6) is 0.558. The molecule has 0 bridgehead atoms. The molecule has 10 aromatic carbocycles. The molecule has 12 aromatic rings. The van der Waals surface area contributed by atoms with Crippen molar-refractivity contribution >= 4 is 60.9 Å². The molecule has 3 nitrogen and oxygen atoms in total. The van der Waals surface area contributed by atoms with Crippen LogP contribution in [0.5, 0.6) is 0 Å². The van der Waals surface area contributed by atoms with Gasteiger partial charge in [-0.3, -0.25) is 0 Å². The molecule has 0 atom stereocenters. The number of nitrogens with zero attached hydrogens (tertiary/aromatic N) is 1. The van der Waals surface area contributed by atoms with Crippen LogP contribution in [0.15, 0.2) is 239 Å². The first-order valence-electron chi connectivity index (χ1n) is 24.9. The first-order valence-corrected chi connectivity index (χ1v) is 24.9. The van der Waals surface area contributed by atoms with E-state index in [1.165, 1.54) is 87.7 Å². The summed E-state index contributed by atoms with van der Waals surface area (Å²) in [6.07, 6.45) is 6.36. The van der Waals surface area contributed by atoms with Gasteiger partial charge in [0.2, 0.25) is 0 Å². The van der Waals surface area contributed by atoms with Gasteiger partial charge in [0.1, 0.15) is 22.3 Å². The zero-order valence-corrected chi connectivity index (χ0v) is 38.8. The van der Waals surface area contributed by atoms with Gasteiger partial charge >= 0.3 is 0 Å². The average molecular weight is 900 g/mol. The maximum Gasteiger partial charge on any atom is 0.137 e. The van der Waals surface area contributed by atoms with E-state index in [0.717, 1.165) is 66.5 Å². The van der Waals surface area contributed by atoms with Crippen molar-refractivity contribution in [1.82, 2.24) is 0 Å². The topological polar surface area (TPSA) is 29.5 Å². The molecule has 334 valence electrons. The molecular weight excluding hydrogens is 851 g/mol. The third kappa shape index (κ3) is 6.34. The lowest BCUT2D eigenvalue weighted by Crippen LogP contribution is -2.29. The fraction of sp³-hybridized carbons (Fsp3) is 0.104. The largest absolute Gasteiger partial charge is 0.456 e. The molecular formula is C67H49NO2. The van der Waals surface area contributed by atoms with Gasteiger partial charge in [0.25, 0.3) is 0 Å². The van der Waals surface area contributed by atoms with Crippen LogP contribution in [-0.4, -0.2) is 0 Å². The van der Waals surface area contributed by atoms with Crippen molar-refractivity contribution in [1.29, 1.82) is 0 Å². The summed E-state index contributed by atoms with van der Waals surface area (Å²) < 4.78 is 13.6. The third-order valence-electron chi connectivity index (χ3n) is 15.6. The van der Waals surface area contributed by atoms with Crippen LogP contribution in [0.3, 0.4) is 0 Å². The Morgan fingerprint density at radius 1 is 0.371 bits per heavy atom. The molecule has 14 rings (SSSR count). The predicted octanol–water partition coefficient (Wildman–Crippen LogP) is 18.7.